The van der Waals surface area contributed by atoms with Crippen LogP contribution in [0, 0.1) is 11.3 Å². The normalized spacial score (nSPS) is 11.5. The van der Waals surface area contributed by atoms with Gasteiger partial charge in [0.25, 0.3) is 0 Å². The van der Waals surface area contributed by atoms with Crippen molar-refractivity contribution in [3.8, 4) is 6.07 Å². The number of nitriles is 1. The fraction of sp³-hybridized carbons (Fsp3) is 0.263. The molecule has 0 spiro atoms. The van der Waals surface area contributed by atoms with Crippen LogP contribution in [0.2, 0.25) is 0 Å². The molecule has 1 atom stereocenters. The van der Waals surface area contributed by atoms with Crippen molar-refractivity contribution in [3.05, 3.63) is 71.3 Å². The Morgan fingerprint density at radius 3 is 2.57 bits per heavy atom. The van der Waals surface area contributed by atoms with Gasteiger partial charge in [0.15, 0.2) is 0 Å². The Hall–Kier alpha value is -2.25. The van der Waals surface area contributed by atoms with Crippen molar-refractivity contribution in [1.82, 2.24) is 4.90 Å². The maximum absolute atomic E-state index is 12.5. The van der Waals surface area contributed by atoms with Crippen LogP contribution in [0.4, 0.5) is 0 Å². The molecule has 0 fully saturated rings. The molecule has 118 valence electrons. The Labute approximate surface area is 141 Å². The summed E-state index contributed by atoms with van der Waals surface area (Å²) in [5.41, 5.74) is 2.82. The number of hydrogen-bond donors (Lipinski definition) is 0. The quantitative estimate of drug-likeness (QED) is 0.811. The number of benzene rings is 2. The lowest BCUT2D eigenvalue weighted by Crippen LogP contribution is -2.32. The van der Waals surface area contributed by atoms with Gasteiger partial charge in [0.2, 0.25) is 5.91 Å². The lowest BCUT2D eigenvalue weighted by atomic mass is 10.1. The SMILES string of the molecule is C[C@H](SCc1ccccc1)C(=O)N(C)Cc1cccc(C#N)c1. The molecule has 0 aliphatic heterocycles. The topological polar surface area (TPSA) is 44.1 Å². The monoisotopic (exact) mass is 324 g/mol. The van der Waals surface area contributed by atoms with Crippen molar-refractivity contribution in [2.24, 2.45) is 0 Å². The van der Waals surface area contributed by atoms with Crippen LogP contribution in [0.25, 0.3) is 0 Å². The summed E-state index contributed by atoms with van der Waals surface area (Å²) in [6.07, 6.45) is 0. The van der Waals surface area contributed by atoms with Crippen LogP contribution < -0.4 is 0 Å². The molecule has 0 saturated carbocycles. The number of carbonyl (C=O) groups is 1. The Balaban J connectivity index is 1.89. The molecule has 23 heavy (non-hydrogen) atoms. The van der Waals surface area contributed by atoms with Crippen LogP contribution in [0.15, 0.2) is 54.6 Å². The maximum Gasteiger partial charge on any atom is 0.235 e. The molecule has 2 aromatic rings. The van der Waals surface area contributed by atoms with Crippen molar-refractivity contribution < 1.29 is 4.79 Å². The summed E-state index contributed by atoms with van der Waals surface area (Å²) in [6, 6.07) is 19.7. The van der Waals surface area contributed by atoms with E-state index in [2.05, 4.69) is 18.2 Å². The van der Waals surface area contributed by atoms with Crippen molar-refractivity contribution in [1.29, 1.82) is 5.26 Å². The third kappa shape index (κ3) is 5.15. The van der Waals surface area contributed by atoms with Gasteiger partial charge in [-0.1, -0.05) is 42.5 Å². The van der Waals surface area contributed by atoms with Crippen LogP contribution >= 0.6 is 11.8 Å². The zero-order valence-electron chi connectivity index (χ0n) is 13.4. The summed E-state index contributed by atoms with van der Waals surface area (Å²) in [5.74, 6) is 0.930. The molecule has 3 nitrogen and oxygen atoms in total. The average molecular weight is 324 g/mol. The van der Waals surface area contributed by atoms with E-state index in [1.54, 1.807) is 29.8 Å². The molecule has 2 aromatic carbocycles. The second kappa shape index (κ2) is 8.40. The lowest BCUT2D eigenvalue weighted by Gasteiger charge is -2.21. The molecule has 0 aliphatic carbocycles. The van der Waals surface area contributed by atoms with Crippen molar-refractivity contribution in [2.75, 3.05) is 7.05 Å². The first kappa shape index (κ1) is 17.1. The van der Waals surface area contributed by atoms with Gasteiger partial charge in [-0.3, -0.25) is 4.79 Å². The molecular formula is C19H20N2OS. The van der Waals surface area contributed by atoms with E-state index in [0.29, 0.717) is 12.1 Å². The van der Waals surface area contributed by atoms with E-state index >= 15 is 0 Å². The number of carbonyl (C=O) groups excluding carboxylic acids is 1. The molecule has 2 rings (SSSR count). The zero-order chi connectivity index (χ0) is 16.7. The van der Waals surface area contributed by atoms with Gasteiger partial charge in [-0.05, 0) is 30.2 Å². The third-order valence-corrected chi connectivity index (χ3v) is 4.74. The summed E-state index contributed by atoms with van der Waals surface area (Å²) < 4.78 is 0. The van der Waals surface area contributed by atoms with E-state index < -0.39 is 0 Å². The van der Waals surface area contributed by atoms with E-state index in [1.165, 1.54) is 5.56 Å². The van der Waals surface area contributed by atoms with E-state index in [9.17, 15) is 4.79 Å². The van der Waals surface area contributed by atoms with Crippen LogP contribution in [0.5, 0.6) is 0 Å². The Kier molecular flexibility index (Phi) is 6.25. The Bertz CT molecular complexity index is 694. The molecular weight excluding hydrogens is 304 g/mol. The smallest absolute Gasteiger partial charge is 0.235 e. The van der Waals surface area contributed by atoms with Crippen molar-refractivity contribution in [2.45, 2.75) is 24.5 Å². The van der Waals surface area contributed by atoms with Crippen molar-refractivity contribution >= 4 is 17.7 Å². The van der Waals surface area contributed by atoms with Gasteiger partial charge in [0, 0.05) is 19.3 Å². The summed E-state index contributed by atoms with van der Waals surface area (Å²) in [5, 5.41) is 8.84. The summed E-state index contributed by atoms with van der Waals surface area (Å²) in [4.78, 5) is 14.2. The van der Waals surface area contributed by atoms with E-state index in [0.717, 1.165) is 11.3 Å². The molecule has 0 saturated heterocycles. The first-order chi connectivity index (χ1) is 11.1. The predicted octanol–water partition coefficient (Wildman–Crippen LogP) is 3.84. The minimum atomic E-state index is -0.0978. The number of thioether (sulfide) groups is 1. The fourth-order valence-corrected chi connectivity index (χ4v) is 3.23. The number of amides is 1. The minimum absolute atomic E-state index is 0.0978. The summed E-state index contributed by atoms with van der Waals surface area (Å²) in [7, 11) is 1.81. The standard InChI is InChI=1S/C19H20N2OS/c1-15(23-14-16-7-4-3-5-8-16)19(22)21(2)13-18-10-6-9-17(11-18)12-20/h3-11,15H,13-14H2,1-2H3/t15-/m0/s1. The average Bonchev–Trinajstić information content (AvgIpc) is 2.60. The fourth-order valence-electron chi connectivity index (χ4n) is 2.27. The minimum Gasteiger partial charge on any atom is -0.340 e. The van der Waals surface area contributed by atoms with Crippen LogP contribution in [0.1, 0.15) is 23.6 Å². The molecule has 4 heteroatoms. The zero-order valence-corrected chi connectivity index (χ0v) is 14.2. The second-order valence-electron chi connectivity index (χ2n) is 5.45. The molecule has 0 aliphatic rings. The molecule has 0 aromatic heterocycles. The van der Waals surface area contributed by atoms with Crippen LogP contribution in [-0.2, 0) is 17.1 Å². The molecule has 0 heterocycles. The number of nitrogens with zero attached hydrogens (tertiary/aromatic N) is 2. The first-order valence-electron chi connectivity index (χ1n) is 7.49. The van der Waals surface area contributed by atoms with E-state index in [1.807, 2.05) is 43.3 Å². The Morgan fingerprint density at radius 1 is 1.17 bits per heavy atom. The van der Waals surface area contributed by atoms with Crippen LogP contribution in [-0.4, -0.2) is 23.1 Å². The van der Waals surface area contributed by atoms with Gasteiger partial charge in [0.05, 0.1) is 16.9 Å². The highest BCUT2D eigenvalue weighted by Gasteiger charge is 2.18. The third-order valence-electron chi connectivity index (χ3n) is 3.54. The molecule has 0 unspecified atom stereocenters. The maximum atomic E-state index is 12.5. The number of hydrogen-bond acceptors (Lipinski definition) is 3. The van der Waals surface area contributed by atoms with Gasteiger partial charge < -0.3 is 4.90 Å². The molecule has 0 radical (unpaired) electrons. The predicted molar refractivity (Wildman–Crippen MR) is 94.8 cm³/mol. The van der Waals surface area contributed by atoms with Gasteiger partial charge in [-0.15, -0.1) is 11.8 Å². The highest BCUT2D eigenvalue weighted by Crippen LogP contribution is 2.19. The lowest BCUT2D eigenvalue weighted by molar-refractivity contribution is -0.129. The summed E-state index contributed by atoms with van der Waals surface area (Å²) in [6.45, 7) is 2.46. The number of rotatable bonds is 6. The van der Waals surface area contributed by atoms with E-state index in [-0.39, 0.29) is 11.2 Å². The molecule has 0 N–H and O–H groups in total. The Morgan fingerprint density at radius 2 is 1.87 bits per heavy atom. The molecule has 1 amide bonds. The largest absolute Gasteiger partial charge is 0.340 e. The van der Waals surface area contributed by atoms with Gasteiger partial charge in [0.1, 0.15) is 0 Å². The highest BCUT2D eigenvalue weighted by atomic mass is 32.2. The van der Waals surface area contributed by atoms with Gasteiger partial charge >= 0.3 is 0 Å². The van der Waals surface area contributed by atoms with Gasteiger partial charge in [-0.2, -0.15) is 5.26 Å². The highest BCUT2D eigenvalue weighted by molar-refractivity contribution is 7.99. The second-order valence-corrected chi connectivity index (χ2v) is 6.77. The first-order valence-corrected chi connectivity index (χ1v) is 8.54. The molecule has 0 bridgehead atoms. The van der Waals surface area contributed by atoms with Crippen molar-refractivity contribution in [3.63, 3.8) is 0 Å². The van der Waals surface area contributed by atoms with Gasteiger partial charge in [-0.25, -0.2) is 0 Å². The summed E-state index contributed by atoms with van der Waals surface area (Å²) >= 11 is 1.64. The van der Waals surface area contributed by atoms with Crippen LogP contribution in [0.3, 0.4) is 0 Å². The van der Waals surface area contributed by atoms with E-state index in [4.69, 9.17) is 5.26 Å².